The summed E-state index contributed by atoms with van der Waals surface area (Å²) in [6.45, 7) is 0. The second-order valence-corrected chi connectivity index (χ2v) is 4.81. The van der Waals surface area contributed by atoms with E-state index in [4.69, 9.17) is 9.84 Å². The van der Waals surface area contributed by atoms with Crippen LogP contribution in [-0.2, 0) is 0 Å². The first-order valence-corrected chi connectivity index (χ1v) is 6.11. The van der Waals surface area contributed by atoms with Gasteiger partial charge in [0, 0.05) is 6.04 Å². The van der Waals surface area contributed by atoms with Crippen molar-refractivity contribution in [1.29, 1.82) is 0 Å². The lowest BCUT2D eigenvalue weighted by molar-refractivity contribution is 0.0557. The molecule has 1 aromatic heterocycles. The maximum atomic E-state index is 10.7. The number of hydrogen-bond donors (Lipinski definition) is 1. The molecule has 1 N–H and O–H groups in total. The van der Waals surface area contributed by atoms with E-state index in [0.29, 0.717) is 6.04 Å². The molecule has 1 fully saturated rings. The van der Waals surface area contributed by atoms with Gasteiger partial charge in [-0.15, -0.1) is 0 Å². The second-order valence-electron chi connectivity index (χ2n) is 4.81. The normalized spacial score (nSPS) is 24.2. The topological polar surface area (TPSA) is 75.8 Å². The Morgan fingerprint density at radius 3 is 2.83 bits per heavy atom. The fraction of sp³-hybridized carbons (Fsp3) is 0.667. The molecule has 0 radical (unpaired) electrons. The number of carboxylic acid groups (broad SMARTS) is 1. The van der Waals surface area contributed by atoms with E-state index in [-0.39, 0.29) is 17.7 Å². The number of aromatic carboxylic acids is 1. The van der Waals surface area contributed by atoms with Crippen LogP contribution in [0.4, 0.5) is 0 Å². The molecular weight excluding hydrogens is 236 g/mol. The quantitative estimate of drug-likeness (QED) is 0.880. The van der Waals surface area contributed by atoms with Gasteiger partial charge >= 0.3 is 5.97 Å². The summed E-state index contributed by atoms with van der Waals surface area (Å²) in [6, 6.07) is 1.66. The number of rotatable bonds is 4. The maximum Gasteiger partial charge on any atom is 0.374 e. The number of nitrogens with zero attached hydrogens (tertiary/aromatic N) is 2. The summed E-state index contributed by atoms with van der Waals surface area (Å²) in [4.78, 5) is 12.8. The molecule has 2 rings (SSSR count). The molecule has 1 saturated carbocycles. The van der Waals surface area contributed by atoms with Gasteiger partial charge in [-0.25, -0.2) is 4.79 Å². The summed E-state index contributed by atoms with van der Waals surface area (Å²) in [5.74, 6) is -1.07. The average molecular weight is 254 g/mol. The lowest BCUT2D eigenvalue weighted by Crippen LogP contribution is -2.44. The van der Waals surface area contributed by atoms with Crippen molar-refractivity contribution in [1.82, 2.24) is 10.1 Å². The molecular formula is C12H18N2O4. The third-order valence-electron chi connectivity index (χ3n) is 3.30. The van der Waals surface area contributed by atoms with E-state index < -0.39 is 5.97 Å². The van der Waals surface area contributed by atoms with Crippen molar-refractivity contribution in [3.63, 3.8) is 0 Å². The van der Waals surface area contributed by atoms with E-state index >= 15 is 0 Å². The number of likely N-dealkylation sites (N-methyl/N-ethyl adjacent to an activating group) is 1. The Morgan fingerprint density at radius 2 is 2.22 bits per heavy atom. The van der Waals surface area contributed by atoms with Crippen molar-refractivity contribution in [3.8, 4) is 5.88 Å². The molecule has 100 valence electrons. The lowest BCUT2D eigenvalue weighted by Gasteiger charge is -2.35. The van der Waals surface area contributed by atoms with Crippen molar-refractivity contribution >= 4 is 5.97 Å². The molecule has 6 heteroatoms. The number of hydrogen-bond acceptors (Lipinski definition) is 5. The van der Waals surface area contributed by atoms with Gasteiger partial charge in [0.2, 0.25) is 5.76 Å². The fourth-order valence-corrected chi connectivity index (χ4v) is 2.38. The Kier molecular flexibility index (Phi) is 3.86. The second kappa shape index (κ2) is 5.39. The van der Waals surface area contributed by atoms with Crippen LogP contribution in [0.5, 0.6) is 5.88 Å². The van der Waals surface area contributed by atoms with Crippen LogP contribution < -0.4 is 4.74 Å². The molecule has 6 nitrogen and oxygen atoms in total. The third kappa shape index (κ3) is 2.81. The Labute approximate surface area is 106 Å². The third-order valence-corrected chi connectivity index (χ3v) is 3.30. The maximum absolute atomic E-state index is 10.7. The van der Waals surface area contributed by atoms with Gasteiger partial charge in [0.15, 0.2) is 0 Å². The number of carbonyl (C=O) groups is 1. The van der Waals surface area contributed by atoms with Crippen LogP contribution in [0.15, 0.2) is 10.6 Å². The number of aromatic nitrogens is 1. The molecule has 1 aromatic rings. The van der Waals surface area contributed by atoms with E-state index in [2.05, 4.69) is 14.6 Å². The summed E-state index contributed by atoms with van der Waals surface area (Å²) in [5.41, 5.74) is 0. The minimum atomic E-state index is -1.13. The highest BCUT2D eigenvalue weighted by Gasteiger charge is 2.29. The molecule has 0 bridgehead atoms. The highest BCUT2D eigenvalue weighted by molar-refractivity contribution is 5.84. The smallest absolute Gasteiger partial charge is 0.374 e. The summed E-state index contributed by atoms with van der Waals surface area (Å²) < 4.78 is 10.4. The first-order chi connectivity index (χ1) is 8.58. The Morgan fingerprint density at radius 1 is 1.50 bits per heavy atom. The molecule has 0 saturated heterocycles. The van der Waals surface area contributed by atoms with E-state index in [0.717, 1.165) is 19.3 Å². The summed E-state index contributed by atoms with van der Waals surface area (Å²) in [5, 5.41) is 12.4. The minimum Gasteiger partial charge on any atom is -0.475 e. The van der Waals surface area contributed by atoms with Gasteiger partial charge in [0.1, 0.15) is 6.10 Å². The van der Waals surface area contributed by atoms with Gasteiger partial charge in [0.05, 0.1) is 6.07 Å². The molecule has 1 aliphatic carbocycles. The average Bonchev–Trinajstić information content (AvgIpc) is 2.78. The molecule has 18 heavy (non-hydrogen) atoms. The monoisotopic (exact) mass is 254 g/mol. The van der Waals surface area contributed by atoms with Crippen molar-refractivity contribution in [2.75, 3.05) is 14.1 Å². The van der Waals surface area contributed by atoms with Crippen molar-refractivity contribution in [3.05, 3.63) is 11.8 Å². The van der Waals surface area contributed by atoms with E-state index in [9.17, 15) is 4.79 Å². The zero-order chi connectivity index (χ0) is 13.1. The molecule has 0 aliphatic heterocycles. The van der Waals surface area contributed by atoms with Crippen molar-refractivity contribution in [2.24, 2.45) is 0 Å². The number of ether oxygens (including phenoxy) is 1. The zero-order valence-electron chi connectivity index (χ0n) is 10.6. The predicted octanol–water partition coefficient (Wildman–Crippen LogP) is 1.62. The summed E-state index contributed by atoms with van der Waals surface area (Å²) in [6.07, 6.45) is 4.40. The predicted molar refractivity (Wildman–Crippen MR) is 63.8 cm³/mol. The van der Waals surface area contributed by atoms with Gasteiger partial charge in [-0.2, -0.15) is 0 Å². The molecule has 2 atom stereocenters. The minimum absolute atomic E-state index is 0.0421. The van der Waals surface area contributed by atoms with Crippen molar-refractivity contribution < 1.29 is 19.2 Å². The highest BCUT2D eigenvalue weighted by atomic mass is 16.6. The largest absolute Gasteiger partial charge is 0.475 e. The Hall–Kier alpha value is -1.56. The van der Waals surface area contributed by atoms with Crippen LogP contribution >= 0.6 is 0 Å². The van der Waals surface area contributed by atoms with E-state index in [1.165, 1.54) is 12.5 Å². The first kappa shape index (κ1) is 12.9. The molecule has 1 aliphatic rings. The fourth-order valence-electron chi connectivity index (χ4n) is 2.38. The highest BCUT2D eigenvalue weighted by Crippen LogP contribution is 2.26. The molecule has 0 spiro atoms. The van der Waals surface area contributed by atoms with E-state index in [1.54, 1.807) is 0 Å². The summed E-state index contributed by atoms with van der Waals surface area (Å²) in [7, 11) is 4.05. The summed E-state index contributed by atoms with van der Waals surface area (Å²) >= 11 is 0. The molecule has 0 amide bonds. The lowest BCUT2D eigenvalue weighted by atomic mass is 9.92. The van der Waals surface area contributed by atoms with Crippen LogP contribution in [-0.4, -0.2) is 47.4 Å². The van der Waals surface area contributed by atoms with E-state index in [1.807, 2.05) is 14.1 Å². The Bertz CT molecular complexity index is 416. The van der Waals surface area contributed by atoms with Gasteiger partial charge in [-0.1, -0.05) is 6.42 Å². The zero-order valence-corrected chi connectivity index (χ0v) is 10.6. The first-order valence-electron chi connectivity index (χ1n) is 6.11. The Balaban J connectivity index is 2.03. The van der Waals surface area contributed by atoms with Crippen LogP contribution in [0.2, 0.25) is 0 Å². The number of carboxylic acids is 1. The van der Waals surface area contributed by atoms with Gasteiger partial charge in [0.25, 0.3) is 5.88 Å². The molecule has 0 aromatic carbocycles. The van der Waals surface area contributed by atoms with Gasteiger partial charge < -0.3 is 19.3 Å². The van der Waals surface area contributed by atoms with Crippen LogP contribution in [0.25, 0.3) is 0 Å². The van der Waals surface area contributed by atoms with Crippen LogP contribution in [0.1, 0.15) is 36.2 Å². The molecule has 1 heterocycles. The van der Waals surface area contributed by atoms with Gasteiger partial charge in [-0.3, -0.25) is 0 Å². The standard InChI is InChI=1S/C12H18N2O4/c1-14(2)8-5-3-4-6-9(8)17-11-7-10(12(15)16)18-13-11/h7-9H,3-6H2,1-2H3,(H,15,16)/t8-,9-/m0/s1. The van der Waals surface area contributed by atoms with Gasteiger partial charge in [-0.05, 0) is 38.5 Å². The molecule has 0 unspecified atom stereocenters. The van der Waals surface area contributed by atoms with Crippen molar-refractivity contribution in [2.45, 2.75) is 37.8 Å². The van der Waals surface area contributed by atoms with Crippen LogP contribution in [0, 0.1) is 0 Å². The van der Waals surface area contributed by atoms with Crippen LogP contribution in [0.3, 0.4) is 0 Å². The SMILES string of the molecule is CN(C)[C@H]1CCCC[C@@H]1Oc1cc(C(=O)O)on1.